The van der Waals surface area contributed by atoms with Gasteiger partial charge in [0, 0.05) is 0 Å². The molecule has 0 aromatic carbocycles. The van der Waals surface area contributed by atoms with Crippen molar-refractivity contribution < 1.29 is 14.3 Å². The van der Waals surface area contributed by atoms with Crippen molar-refractivity contribution in [2.24, 2.45) is 5.92 Å². The zero-order valence-electron chi connectivity index (χ0n) is 10.5. The molecular formula is C13H22O3. The first-order valence-corrected chi connectivity index (χ1v) is 5.93. The van der Waals surface area contributed by atoms with Crippen molar-refractivity contribution in [3.05, 3.63) is 12.7 Å². The molecule has 0 saturated heterocycles. The molecule has 1 saturated carbocycles. The van der Waals surface area contributed by atoms with Crippen LogP contribution in [0.3, 0.4) is 0 Å². The largest absolute Gasteiger partial charge is 0.509 e. The van der Waals surface area contributed by atoms with Crippen LogP contribution in [0.1, 0.15) is 46.5 Å². The van der Waals surface area contributed by atoms with Gasteiger partial charge in [0.25, 0.3) is 0 Å². The van der Waals surface area contributed by atoms with Gasteiger partial charge in [0.15, 0.2) is 0 Å². The summed E-state index contributed by atoms with van der Waals surface area (Å²) in [5.41, 5.74) is -0.477. The summed E-state index contributed by atoms with van der Waals surface area (Å²) in [7, 11) is 0. The van der Waals surface area contributed by atoms with Gasteiger partial charge in [-0.3, -0.25) is 0 Å². The fraction of sp³-hybridized carbons (Fsp3) is 0.769. The van der Waals surface area contributed by atoms with Crippen LogP contribution in [0.4, 0.5) is 4.79 Å². The van der Waals surface area contributed by atoms with Crippen molar-refractivity contribution in [2.75, 3.05) is 0 Å². The maximum absolute atomic E-state index is 11.4. The SMILES string of the molecule is C=CC1CCC(OC(=O)OC(C)(C)C)CC1. The summed E-state index contributed by atoms with van der Waals surface area (Å²) < 4.78 is 10.4. The van der Waals surface area contributed by atoms with Crippen LogP contribution in [-0.4, -0.2) is 17.9 Å². The minimum Gasteiger partial charge on any atom is -0.431 e. The summed E-state index contributed by atoms with van der Waals surface area (Å²) in [6.07, 6.45) is 5.39. The Balaban J connectivity index is 2.28. The van der Waals surface area contributed by atoms with Gasteiger partial charge < -0.3 is 9.47 Å². The van der Waals surface area contributed by atoms with E-state index in [1.807, 2.05) is 26.8 Å². The van der Waals surface area contributed by atoms with Gasteiger partial charge in [-0.2, -0.15) is 0 Å². The molecule has 16 heavy (non-hydrogen) atoms. The zero-order valence-corrected chi connectivity index (χ0v) is 10.5. The molecule has 0 aliphatic heterocycles. The zero-order chi connectivity index (χ0) is 12.2. The molecule has 0 heterocycles. The van der Waals surface area contributed by atoms with Crippen molar-refractivity contribution in [1.29, 1.82) is 0 Å². The standard InChI is InChI=1S/C13H22O3/c1-5-10-6-8-11(9-7-10)15-12(14)16-13(2,3)4/h5,10-11H,1,6-9H2,2-4H3. The lowest BCUT2D eigenvalue weighted by molar-refractivity contribution is -0.0353. The number of carbonyl (C=O) groups excluding carboxylic acids is 1. The number of rotatable bonds is 2. The maximum Gasteiger partial charge on any atom is 0.509 e. The van der Waals surface area contributed by atoms with Crippen LogP contribution in [0.2, 0.25) is 0 Å². The molecule has 0 spiro atoms. The predicted octanol–water partition coefficient (Wildman–Crippen LogP) is 3.68. The molecule has 1 aliphatic carbocycles. The van der Waals surface area contributed by atoms with Gasteiger partial charge in [-0.15, -0.1) is 6.58 Å². The molecule has 1 rings (SSSR count). The van der Waals surface area contributed by atoms with Gasteiger partial charge in [-0.1, -0.05) is 6.08 Å². The van der Waals surface area contributed by atoms with E-state index >= 15 is 0 Å². The molecule has 0 bridgehead atoms. The Labute approximate surface area is 97.8 Å². The molecule has 92 valence electrons. The number of ether oxygens (including phenoxy) is 2. The van der Waals surface area contributed by atoms with E-state index in [1.54, 1.807) is 0 Å². The Kier molecular flexibility index (Phi) is 4.39. The molecule has 0 N–H and O–H groups in total. The average Bonchev–Trinajstić information content (AvgIpc) is 2.16. The topological polar surface area (TPSA) is 35.5 Å². The van der Waals surface area contributed by atoms with Crippen LogP contribution in [0, 0.1) is 5.92 Å². The van der Waals surface area contributed by atoms with E-state index < -0.39 is 11.8 Å². The van der Waals surface area contributed by atoms with Crippen molar-refractivity contribution in [2.45, 2.75) is 58.2 Å². The Hall–Kier alpha value is -0.990. The Bertz CT molecular complexity index is 244. The van der Waals surface area contributed by atoms with E-state index in [9.17, 15) is 4.79 Å². The summed E-state index contributed by atoms with van der Waals surface area (Å²) in [6.45, 7) is 9.29. The predicted molar refractivity (Wildman–Crippen MR) is 63.3 cm³/mol. The normalized spacial score (nSPS) is 25.9. The smallest absolute Gasteiger partial charge is 0.431 e. The second-order valence-electron chi connectivity index (χ2n) is 5.35. The van der Waals surface area contributed by atoms with Gasteiger partial charge >= 0.3 is 6.16 Å². The van der Waals surface area contributed by atoms with Crippen LogP contribution < -0.4 is 0 Å². The molecule has 0 amide bonds. The van der Waals surface area contributed by atoms with E-state index in [-0.39, 0.29) is 6.10 Å². The molecule has 1 fully saturated rings. The number of hydrogen-bond donors (Lipinski definition) is 0. The first-order chi connectivity index (χ1) is 7.40. The van der Waals surface area contributed by atoms with Crippen LogP contribution in [0.15, 0.2) is 12.7 Å². The fourth-order valence-electron chi connectivity index (χ4n) is 1.85. The van der Waals surface area contributed by atoms with Crippen molar-refractivity contribution in [1.82, 2.24) is 0 Å². The summed E-state index contributed by atoms with van der Waals surface area (Å²) in [5.74, 6) is 0.582. The molecule has 1 aliphatic rings. The van der Waals surface area contributed by atoms with Crippen molar-refractivity contribution >= 4 is 6.16 Å². The van der Waals surface area contributed by atoms with Crippen molar-refractivity contribution in [3.63, 3.8) is 0 Å². The molecule has 3 heteroatoms. The Morgan fingerprint density at radius 1 is 1.25 bits per heavy atom. The number of carbonyl (C=O) groups is 1. The lowest BCUT2D eigenvalue weighted by Gasteiger charge is -2.27. The van der Waals surface area contributed by atoms with Crippen LogP contribution in [-0.2, 0) is 9.47 Å². The molecule has 0 aromatic heterocycles. The van der Waals surface area contributed by atoms with E-state index in [4.69, 9.17) is 9.47 Å². The summed E-state index contributed by atoms with van der Waals surface area (Å²) >= 11 is 0. The first-order valence-electron chi connectivity index (χ1n) is 5.93. The lowest BCUT2D eigenvalue weighted by Crippen LogP contribution is -2.29. The highest BCUT2D eigenvalue weighted by molar-refractivity contribution is 5.60. The highest BCUT2D eigenvalue weighted by Gasteiger charge is 2.25. The minimum absolute atomic E-state index is 0.0195. The molecule has 0 radical (unpaired) electrons. The Morgan fingerprint density at radius 2 is 1.81 bits per heavy atom. The number of allylic oxidation sites excluding steroid dienone is 1. The second-order valence-corrected chi connectivity index (χ2v) is 5.35. The van der Waals surface area contributed by atoms with Gasteiger partial charge in [0.2, 0.25) is 0 Å². The molecular weight excluding hydrogens is 204 g/mol. The second kappa shape index (κ2) is 5.37. The summed E-state index contributed by atoms with van der Waals surface area (Å²) in [4.78, 5) is 11.4. The molecule has 3 nitrogen and oxygen atoms in total. The van der Waals surface area contributed by atoms with E-state index in [2.05, 4.69) is 6.58 Å². The van der Waals surface area contributed by atoms with Crippen LogP contribution >= 0.6 is 0 Å². The third kappa shape index (κ3) is 4.69. The third-order valence-electron chi connectivity index (χ3n) is 2.70. The first kappa shape index (κ1) is 13.1. The van der Waals surface area contributed by atoms with Crippen LogP contribution in [0.25, 0.3) is 0 Å². The maximum atomic E-state index is 11.4. The van der Waals surface area contributed by atoms with Gasteiger partial charge in [-0.25, -0.2) is 4.79 Å². The summed E-state index contributed by atoms with van der Waals surface area (Å²) in [6, 6.07) is 0. The highest BCUT2D eigenvalue weighted by Crippen LogP contribution is 2.27. The summed E-state index contributed by atoms with van der Waals surface area (Å²) in [5, 5.41) is 0. The average molecular weight is 226 g/mol. The van der Waals surface area contributed by atoms with Gasteiger partial charge in [0.1, 0.15) is 11.7 Å². The quantitative estimate of drug-likeness (QED) is 0.532. The monoisotopic (exact) mass is 226 g/mol. The molecule has 0 unspecified atom stereocenters. The fourth-order valence-corrected chi connectivity index (χ4v) is 1.85. The molecule has 0 aromatic rings. The Morgan fingerprint density at radius 3 is 2.25 bits per heavy atom. The van der Waals surface area contributed by atoms with E-state index in [0.717, 1.165) is 25.7 Å². The van der Waals surface area contributed by atoms with Gasteiger partial charge in [0.05, 0.1) is 0 Å². The minimum atomic E-state index is -0.547. The highest BCUT2D eigenvalue weighted by atomic mass is 16.7. The van der Waals surface area contributed by atoms with Crippen molar-refractivity contribution in [3.8, 4) is 0 Å². The van der Waals surface area contributed by atoms with Crippen LogP contribution in [0.5, 0.6) is 0 Å². The number of hydrogen-bond acceptors (Lipinski definition) is 3. The van der Waals surface area contributed by atoms with E-state index in [0.29, 0.717) is 5.92 Å². The van der Waals surface area contributed by atoms with Gasteiger partial charge in [-0.05, 0) is 52.4 Å². The van der Waals surface area contributed by atoms with E-state index in [1.165, 1.54) is 0 Å². The molecule has 0 atom stereocenters. The third-order valence-corrected chi connectivity index (χ3v) is 2.70. The lowest BCUT2D eigenvalue weighted by atomic mass is 9.88.